The van der Waals surface area contributed by atoms with E-state index >= 15 is 0 Å². The number of aromatic nitrogens is 2. The molecule has 0 radical (unpaired) electrons. The Kier molecular flexibility index (Phi) is 2.84. The van der Waals surface area contributed by atoms with Gasteiger partial charge in [0.05, 0.1) is 17.9 Å². The number of nitrogens with zero attached hydrogens (tertiary/aromatic N) is 3. The van der Waals surface area contributed by atoms with E-state index in [-0.39, 0.29) is 5.91 Å². The minimum atomic E-state index is 0.0501. The molecule has 0 saturated carbocycles. The molecule has 2 fully saturated rings. The number of piperidine rings is 1. The summed E-state index contributed by atoms with van der Waals surface area (Å²) >= 11 is 1.10. The van der Waals surface area contributed by atoms with Gasteiger partial charge in [0, 0.05) is 13.1 Å². The summed E-state index contributed by atoms with van der Waals surface area (Å²) in [4.78, 5) is 14.1. The first-order valence-electron chi connectivity index (χ1n) is 6.07. The normalized spacial score (nSPS) is 23.2. The van der Waals surface area contributed by atoms with Crippen LogP contribution in [0.3, 0.4) is 0 Å². The SMILES string of the molecule is O=C(c1cnsn1)N1CCC2(CCNCC2)C1. The monoisotopic (exact) mass is 252 g/mol. The third-order valence-corrected chi connectivity index (χ3v) is 4.45. The van der Waals surface area contributed by atoms with Crippen LogP contribution in [-0.2, 0) is 0 Å². The van der Waals surface area contributed by atoms with Gasteiger partial charge in [-0.05, 0) is 37.8 Å². The molecule has 3 rings (SSSR count). The Morgan fingerprint density at radius 2 is 2.24 bits per heavy atom. The van der Waals surface area contributed by atoms with Gasteiger partial charge < -0.3 is 10.2 Å². The molecule has 3 heterocycles. The number of hydrogen-bond acceptors (Lipinski definition) is 5. The zero-order chi connectivity index (χ0) is 11.7. The van der Waals surface area contributed by atoms with Crippen molar-refractivity contribution in [1.82, 2.24) is 19.0 Å². The number of likely N-dealkylation sites (tertiary alicyclic amines) is 1. The molecule has 17 heavy (non-hydrogen) atoms. The second kappa shape index (κ2) is 4.34. The second-order valence-electron chi connectivity index (χ2n) is 5.02. The van der Waals surface area contributed by atoms with E-state index in [9.17, 15) is 4.79 Å². The molecule has 92 valence electrons. The van der Waals surface area contributed by atoms with Crippen LogP contribution in [0.25, 0.3) is 0 Å². The molecule has 1 spiro atoms. The fraction of sp³-hybridized carbons (Fsp3) is 0.727. The second-order valence-corrected chi connectivity index (χ2v) is 5.58. The summed E-state index contributed by atoms with van der Waals surface area (Å²) in [5, 5.41) is 3.38. The minimum Gasteiger partial charge on any atom is -0.337 e. The molecular weight excluding hydrogens is 236 g/mol. The molecule has 0 aromatic carbocycles. The first-order valence-corrected chi connectivity index (χ1v) is 6.80. The Morgan fingerprint density at radius 1 is 1.41 bits per heavy atom. The minimum absolute atomic E-state index is 0.0501. The van der Waals surface area contributed by atoms with Crippen LogP contribution in [0.4, 0.5) is 0 Å². The summed E-state index contributed by atoms with van der Waals surface area (Å²) in [5.74, 6) is 0.0501. The summed E-state index contributed by atoms with van der Waals surface area (Å²) < 4.78 is 7.91. The molecule has 2 aliphatic heterocycles. The Morgan fingerprint density at radius 3 is 2.94 bits per heavy atom. The van der Waals surface area contributed by atoms with E-state index in [4.69, 9.17) is 0 Å². The van der Waals surface area contributed by atoms with E-state index in [0.717, 1.165) is 44.3 Å². The van der Waals surface area contributed by atoms with Gasteiger partial charge in [0.15, 0.2) is 5.69 Å². The van der Waals surface area contributed by atoms with E-state index in [0.29, 0.717) is 11.1 Å². The first-order chi connectivity index (χ1) is 8.29. The predicted octanol–water partition coefficient (Wildman–Crippen LogP) is 0.754. The molecule has 0 bridgehead atoms. The lowest BCUT2D eigenvalue weighted by Crippen LogP contribution is -2.39. The Bertz CT molecular complexity index is 400. The van der Waals surface area contributed by atoms with E-state index in [2.05, 4.69) is 14.1 Å². The van der Waals surface area contributed by atoms with Crippen molar-refractivity contribution >= 4 is 17.6 Å². The summed E-state index contributed by atoms with van der Waals surface area (Å²) in [6.45, 7) is 3.93. The van der Waals surface area contributed by atoms with E-state index in [1.165, 1.54) is 12.8 Å². The van der Waals surface area contributed by atoms with Crippen molar-refractivity contribution in [1.29, 1.82) is 0 Å². The number of amides is 1. The molecular formula is C11H16N4OS. The quantitative estimate of drug-likeness (QED) is 0.801. The highest BCUT2D eigenvalue weighted by molar-refractivity contribution is 6.99. The molecule has 2 aliphatic rings. The number of rotatable bonds is 1. The van der Waals surface area contributed by atoms with Crippen molar-refractivity contribution in [2.24, 2.45) is 5.41 Å². The molecule has 6 heteroatoms. The fourth-order valence-electron chi connectivity index (χ4n) is 2.89. The van der Waals surface area contributed by atoms with Gasteiger partial charge in [0.1, 0.15) is 0 Å². The zero-order valence-corrected chi connectivity index (χ0v) is 10.5. The van der Waals surface area contributed by atoms with Crippen LogP contribution < -0.4 is 5.32 Å². The van der Waals surface area contributed by atoms with E-state index in [1.807, 2.05) is 4.90 Å². The number of hydrogen-bond donors (Lipinski definition) is 1. The van der Waals surface area contributed by atoms with Crippen LogP contribution in [0.5, 0.6) is 0 Å². The molecule has 0 unspecified atom stereocenters. The van der Waals surface area contributed by atoms with Crippen molar-refractivity contribution in [3.05, 3.63) is 11.9 Å². The maximum absolute atomic E-state index is 12.1. The van der Waals surface area contributed by atoms with Gasteiger partial charge in [-0.1, -0.05) is 0 Å². The van der Waals surface area contributed by atoms with Crippen molar-refractivity contribution in [3.8, 4) is 0 Å². The summed E-state index contributed by atoms with van der Waals surface area (Å²) in [5.41, 5.74) is 0.866. The van der Waals surface area contributed by atoms with Crippen molar-refractivity contribution in [3.63, 3.8) is 0 Å². The highest BCUT2D eigenvalue weighted by atomic mass is 32.1. The van der Waals surface area contributed by atoms with Gasteiger partial charge >= 0.3 is 0 Å². The lowest BCUT2D eigenvalue weighted by Gasteiger charge is -2.33. The summed E-state index contributed by atoms with van der Waals surface area (Å²) in [7, 11) is 0. The Hall–Kier alpha value is -1.01. The Balaban J connectivity index is 1.69. The van der Waals surface area contributed by atoms with Crippen LogP contribution in [0, 0.1) is 5.41 Å². The standard InChI is InChI=1S/C11H16N4OS/c16-10(9-7-13-17-14-9)15-6-3-11(8-15)1-4-12-5-2-11/h7,12H,1-6,8H2. The van der Waals surface area contributed by atoms with Crippen LogP contribution >= 0.6 is 11.7 Å². The summed E-state index contributed by atoms with van der Waals surface area (Å²) in [6, 6.07) is 0. The molecule has 1 aromatic rings. The lowest BCUT2D eigenvalue weighted by atomic mass is 9.78. The molecule has 0 aliphatic carbocycles. The highest BCUT2D eigenvalue weighted by Crippen LogP contribution is 2.38. The topological polar surface area (TPSA) is 58.1 Å². The van der Waals surface area contributed by atoms with Crippen LogP contribution in [0.2, 0.25) is 0 Å². The third kappa shape index (κ3) is 2.07. The fourth-order valence-corrected chi connectivity index (χ4v) is 3.30. The Labute approximate surface area is 105 Å². The van der Waals surface area contributed by atoms with E-state index in [1.54, 1.807) is 6.20 Å². The van der Waals surface area contributed by atoms with Crippen molar-refractivity contribution < 1.29 is 4.79 Å². The average molecular weight is 252 g/mol. The zero-order valence-electron chi connectivity index (χ0n) is 9.69. The lowest BCUT2D eigenvalue weighted by molar-refractivity contribution is 0.0757. The number of carbonyl (C=O) groups is 1. The molecule has 1 N–H and O–H groups in total. The number of carbonyl (C=O) groups excluding carboxylic acids is 1. The van der Waals surface area contributed by atoms with E-state index < -0.39 is 0 Å². The third-order valence-electron chi connectivity index (χ3n) is 3.97. The van der Waals surface area contributed by atoms with Crippen molar-refractivity contribution in [2.45, 2.75) is 19.3 Å². The maximum Gasteiger partial charge on any atom is 0.275 e. The maximum atomic E-state index is 12.1. The summed E-state index contributed by atoms with van der Waals surface area (Å²) in [6.07, 6.45) is 5.08. The molecule has 1 amide bonds. The first kappa shape index (κ1) is 11.1. The van der Waals surface area contributed by atoms with Crippen molar-refractivity contribution in [2.75, 3.05) is 26.2 Å². The average Bonchev–Trinajstić information content (AvgIpc) is 2.99. The van der Waals surface area contributed by atoms with Gasteiger partial charge in [0.25, 0.3) is 5.91 Å². The number of nitrogens with one attached hydrogen (secondary N) is 1. The molecule has 0 atom stereocenters. The smallest absolute Gasteiger partial charge is 0.275 e. The highest BCUT2D eigenvalue weighted by Gasteiger charge is 2.40. The van der Waals surface area contributed by atoms with Gasteiger partial charge in [0.2, 0.25) is 0 Å². The molecule has 2 saturated heterocycles. The van der Waals surface area contributed by atoms with Crippen LogP contribution in [0.15, 0.2) is 6.20 Å². The van der Waals surface area contributed by atoms with Gasteiger partial charge in [-0.2, -0.15) is 8.75 Å². The van der Waals surface area contributed by atoms with Gasteiger partial charge in [-0.15, -0.1) is 0 Å². The predicted molar refractivity (Wildman–Crippen MR) is 65.0 cm³/mol. The molecule has 5 nitrogen and oxygen atoms in total. The van der Waals surface area contributed by atoms with Gasteiger partial charge in [-0.25, -0.2) is 0 Å². The van der Waals surface area contributed by atoms with Crippen LogP contribution in [0.1, 0.15) is 29.8 Å². The van der Waals surface area contributed by atoms with Crippen LogP contribution in [-0.4, -0.2) is 45.7 Å². The van der Waals surface area contributed by atoms with Gasteiger partial charge in [-0.3, -0.25) is 4.79 Å². The largest absolute Gasteiger partial charge is 0.337 e. The molecule has 1 aromatic heterocycles.